The molecule has 2 amide bonds. The number of rotatable bonds is 5. The second-order valence-corrected chi connectivity index (χ2v) is 9.61. The molecule has 1 saturated heterocycles. The summed E-state index contributed by atoms with van der Waals surface area (Å²) in [5.74, 6) is 0.476. The van der Waals surface area contributed by atoms with Gasteiger partial charge in [-0.05, 0) is 68.5 Å². The number of fused-ring (bicyclic) bond motifs is 2. The standard InChI is InChI=1S/C29H28N6O3/c1-19-15-21-16-22(10-12-26(21)38-19)32-28(24(17-30)31-2)33-23-11-9-20-7-3-4-8-25(20)35(29(23)37)18-27(36)34-13-5-6-14-34/h3-4,7-8,10,12,15-16,23-24H,5-6,9,11,13-14,18H2,1H3,(H,32,33). The summed E-state index contributed by atoms with van der Waals surface area (Å²) in [6.45, 7) is 10.8. The lowest BCUT2D eigenvalue weighted by atomic mass is 10.1. The number of nitrogens with one attached hydrogen (secondary N) is 1. The van der Waals surface area contributed by atoms with Crippen molar-refractivity contribution in [2.75, 3.05) is 29.9 Å². The number of nitriles is 1. The minimum Gasteiger partial charge on any atom is -0.461 e. The highest BCUT2D eigenvalue weighted by molar-refractivity contribution is 6.07. The number of anilines is 2. The van der Waals surface area contributed by atoms with E-state index in [9.17, 15) is 14.9 Å². The molecule has 1 fully saturated rings. The molecule has 192 valence electrons. The number of amidine groups is 1. The second-order valence-electron chi connectivity index (χ2n) is 9.61. The number of benzene rings is 2. The zero-order valence-corrected chi connectivity index (χ0v) is 21.2. The first-order valence-corrected chi connectivity index (χ1v) is 12.7. The van der Waals surface area contributed by atoms with Gasteiger partial charge in [0, 0.05) is 29.9 Å². The molecular weight excluding hydrogens is 480 g/mol. The molecule has 9 heteroatoms. The van der Waals surface area contributed by atoms with Gasteiger partial charge < -0.3 is 19.5 Å². The van der Waals surface area contributed by atoms with Crippen LogP contribution in [0.3, 0.4) is 0 Å². The van der Waals surface area contributed by atoms with Gasteiger partial charge in [0.1, 0.15) is 23.9 Å². The molecule has 2 unspecified atom stereocenters. The van der Waals surface area contributed by atoms with E-state index >= 15 is 0 Å². The highest BCUT2D eigenvalue weighted by Gasteiger charge is 2.34. The number of likely N-dealkylation sites (tertiary alicyclic amines) is 1. The van der Waals surface area contributed by atoms with Gasteiger partial charge >= 0.3 is 6.04 Å². The summed E-state index contributed by atoms with van der Waals surface area (Å²) in [6.07, 6.45) is 2.90. The molecule has 1 N–H and O–H groups in total. The zero-order chi connectivity index (χ0) is 26.6. The van der Waals surface area contributed by atoms with Crippen molar-refractivity contribution < 1.29 is 14.0 Å². The second kappa shape index (κ2) is 10.8. The molecule has 0 bridgehead atoms. The lowest BCUT2D eigenvalue weighted by Gasteiger charge is -2.26. The number of hydrogen-bond donors (Lipinski definition) is 1. The number of carbonyl (C=O) groups excluding carboxylic acids is 2. The summed E-state index contributed by atoms with van der Waals surface area (Å²) >= 11 is 0. The SMILES string of the molecule is [C-]#[N+]C(C#N)C(=NC1CCc2ccccc2N(CC(=O)N2CCCC2)C1=O)Nc1ccc2oc(C)cc2c1. The van der Waals surface area contributed by atoms with E-state index < -0.39 is 12.1 Å². The van der Waals surface area contributed by atoms with Gasteiger partial charge in [-0.25, -0.2) is 6.57 Å². The van der Waals surface area contributed by atoms with Crippen LogP contribution in [0.2, 0.25) is 0 Å². The number of aryl methyl sites for hydroxylation is 2. The van der Waals surface area contributed by atoms with E-state index in [1.54, 1.807) is 17.0 Å². The Hall–Kier alpha value is -4.63. The van der Waals surface area contributed by atoms with Crippen LogP contribution in [0.5, 0.6) is 0 Å². The fraction of sp³-hybridized carbons (Fsp3) is 0.345. The van der Waals surface area contributed by atoms with Gasteiger partial charge in [0.2, 0.25) is 11.7 Å². The monoisotopic (exact) mass is 508 g/mol. The highest BCUT2D eigenvalue weighted by atomic mass is 16.3. The van der Waals surface area contributed by atoms with Crippen LogP contribution in [0.4, 0.5) is 11.4 Å². The third kappa shape index (κ3) is 5.09. The molecule has 3 heterocycles. The molecule has 2 aromatic carbocycles. The first-order valence-electron chi connectivity index (χ1n) is 12.7. The summed E-state index contributed by atoms with van der Waals surface area (Å²) in [6, 6.07) is 14.8. The van der Waals surface area contributed by atoms with E-state index in [-0.39, 0.29) is 24.2 Å². The van der Waals surface area contributed by atoms with Gasteiger partial charge in [0.15, 0.2) is 6.07 Å². The normalized spacial score (nSPS) is 18.4. The van der Waals surface area contributed by atoms with E-state index in [2.05, 4.69) is 15.2 Å². The predicted octanol–water partition coefficient (Wildman–Crippen LogP) is 4.33. The van der Waals surface area contributed by atoms with Crippen LogP contribution >= 0.6 is 0 Å². The van der Waals surface area contributed by atoms with Gasteiger partial charge in [-0.1, -0.05) is 18.2 Å². The molecule has 0 radical (unpaired) electrons. The Bertz CT molecular complexity index is 1470. The Labute approximate surface area is 221 Å². The minimum atomic E-state index is -1.21. The average Bonchev–Trinajstić information content (AvgIpc) is 3.56. The number of para-hydroxylation sites is 1. The quantitative estimate of drug-likeness (QED) is 0.314. The summed E-state index contributed by atoms with van der Waals surface area (Å²) in [4.78, 5) is 38.3. The summed E-state index contributed by atoms with van der Waals surface area (Å²) in [7, 11) is 0. The maximum absolute atomic E-state index is 13.9. The lowest BCUT2D eigenvalue weighted by molar-refractivity contribution is -0.130. The maximum Gasteiger partial charge on any atom is 0.363 e. The van der Waals surface area contributed by atoms with Gasteiger partial charge in [0.25, 0.3) is 5.91 Å². The number of carbonyl (C=O) groups is 2. The van der Waals surface area contributed by atoms with Crippen molar-refractivity contribution in [3.8, 4) is 6.07 Å². The van der Waals surface area contributed by atoms with Crippen LogP contribution in [-0.2, 0) is 16.0 Å². The average molecular weight is 509 g/mol. The molecule has 3 aromatic rings. The predicted molar refractivity (Wildman–Crippen MR) is 145 cm³/mol. The number of nitrogens with zero attached hydrogens (tertiary/aromatic N) is 5. The Balaban J connectivity index is 1.48. The van der Waals surface area contributed by atoms with Crippen molar-refractivity contribution in [3.63, 3.8) is 0 Å². The van der Waals surface area contributed by atoms with Crippen molar-refractivity contribution in [2.45, 2.75) is 44.7 Å². The molecule has 0 saturated carbocycles. The number of aliphatic imine (C=N–C) groups is 1. The van der Waals surface area contributed by atoms with Crippen LogP contribution in [0.1, 0.15) is 30.6 Å². The summed E-state index contributed by atoms with van der Waals surface area (Å²) < 4.78 is 5.64. The highest BCUT2D eigenvalue weighted by Crippen LogP contribution is 2.29. The smallest absolute Gasteiger partial charge is 0.363 e. The van der Waals surface area contributed by atoms with E-state index in [0.29, 0.717) is 37.3 Å². The Morgan fingerprint density at radius 2 is 2.05 bits per heavy atom. The molecule has 9 nitrogen and oxygen atoms in total. The van der Waals surface area contributed by atoms with Gasteiger partial charge in [0.05, 0.1) is 0 Å². The first kappa shape index (κ1) is 25.0. The van der Waals surface area contributed by atoms with E-state index in [4.69, 9.17) is 11.0 Å². The van der Waals surface area contributed by atoms with Crippen molar-refractivity contribution in [3.05, 3.63) is 71.3 Å². The van der Waals surface area contributed by atoms with Crippen LogP contribution < -0.4 is 10.2 Å². The van der Waals surface area contributed by atoms with Crippen LogP contribution in [0, 0.1) is 24.8 Å². The van der Waals surface area contributed by atoms with Crippen molar-refractivity contribution >= 4 is 40.0 Å². The third-order valence-electron chi connectivity index (χ3n) is 6.99. The molecule has 0 spiro atoms. The Morgan fingerprint density at radius 3 is 2.82 bits per heavy atom. The van der Waals surface area contributed by atoms with Gasteiger partial charge in [-0.15, -0.1) is 0 Å². The molecule has 2 aliphatic heterocycles. The maximum atomic E-state index is 13.9. The third-order valence-corrected chi connectivity index (χ3v) is 6.99. The molecule has 5 rings (SSSR count). The summed E-state index contributed by atoms with van der Waals surface area (Å²) in [5, 5.41) is 13.7. The van der Waals surface area contributed by atoms with E-state index in [0.717, 1.165) is 35.1 Å². The van der Waals surface area contributed by atoms with Crippen molar-refractivity contribution in [1.29, 1.82) is 5.26 Å². The fourth-order valence-corrected chi connectivity index (χ4v) is 5.08. The zero-order valence-electron chi connectivity index (χ0n) is 21.2. The number of furan rings is 1. The fourth-order valence-electron chi connectivity index (χ4n) is 5.08. The first-order chi connectivity index (χ1) is 18.5. The molecule has 2 aliphatic rings. The molecule has 2 atom stereocenters. The lowest BCUT2D eigenvalue weighted by Crippen LogP contribution is -2.45. The summed E-state index contributed by atoms with van der Waals surface area (Å²) in [5.41, 5.74) is 3.03. The Morgan fingerprint density at radius 1 is 1.26 bits per heavy atom. The van der Waals surface area contributed by atoms with Crippen LogP contribution in [-0.4, -0.2) is 54.3 Å². The van der Waals surface area contributed by atoms with Crippen molar-refractivity contribution in [2.24, 2.45) is 4.99 Å². The molecule has 1 aromatic heterocycles. The van der Waals surface area contributed by atoms with Gasteiger partial charge in [-0.3, -0.25) is 19.4 Å². The van der Waals surface area contributed by atoms with Gasteiger partial charge in [-0.2, -0.15) is 5.26 Å². The Kier molecular flexibility index (Phi) is 7.10. The molecular formula is C29H28N6O3. The van der Waals surface area contributed by atoms with Crippen LogP contribution in [0.15, 0.2) is 57.9 Å². The largest absolute Gasteiger partial charge is 0.461 e. The van der Waals surface area contributed by atoms with Crippen molar-refractivity contribution in [1.82, 2.24) is 4.90 Å². The number of hydrogen-bond acceptors (Lipinski definition) is 5. The molecule has 0 aliphatic carbocycles. The number of amides is 2. The minimum absolute atomic E-state index is 0.0639. The van der Waals surface area contributed by atoms with Crippen LogP contribution in [0.25, 0.3) is 15.8 Å². The molecule has 38 heavy (non-hydrogen) atoms. The van der Waals surface area contributed by atoms with E-state index in [1.807, 2.05) is 49.4 Å². The topological polar surface area (TPSA) is 106 Å². The van der Waals surface area contributed by atoms with E-state index in [1.165, 1.54) is 4.90 Å².